The Hall–Kier alpha value is -1.67. The highest BCUT2D eigenvalue weighted by molar-refractivity contribution is 5.67. The lowest BCUT2D eigenvalue weighted by Crippen LogP contribution is -2.60. The van der Waals surface area contributed by atoms with Crippen LogP contribution in [0.25, 0.3) is 0 Å². The van der Waals surface area contributed by atoms with Crippen LogP contribution in [0.3, 0.4) is 0 Å². The van der Waals surface area contributed by atoms with Crippen molar-refractivity contribution in [2.75, 3.05) is 6.61 Å². The number of carbonyl (C=O) groups excluding carboxylic acids is 3. The minimum absolute atomic E-state index is 0.123. The third-order valence-corrected chi connectivity index (χ3v) is 3.15. The Kier molecular flexibility index (Phi) is 6.10. The largest absolute Gasteiger partial charge is 0.463 e. The van der Waals surface area contributed by atoms with Crippen LogP contribution in [0, 0.1) is 5.92 Å². The number of rotatable bonds is 4. The van der Waals surface area contributed by atoms with Crippen molar-refractivity contribution in [2.45, 2.75) is 52.2 Å². The maximum absolute atomic E-state index is 11.2. The summed E-state index contributed by atoms with van der Waals surface area (Å²) in [4.78, 5) is 33.2. The molecule has 0 amide bonds. The van der Waals surface area contributed by atoms with Crippen molar-refractivity contribution in [2.24, 2.45) is 11.7 Å². The molecule has 21 heavy (non-hydrogen) atoms. The molecule has 0 aliphatic carbocycles. The van der Waals surface area contributed by atoms with Gasteiger partial charge in [0, 0.05) is 26.7 Å². The molecule has 8 nitrogen and oxygen atoms in total. The van der Waals surface area contributed by atoms with E-state index in [4.69, 9.17) is 24.7 Å². The van der Waals surface area contributed by atoms with Gasteiger partial charge in [0.2, 0.25) is 6.29 Å². The molecular weight excluding hydrogens is 282 g/mol. The number of hydrogen-bond acceptors (Lipinski definition) is 8. The van der Waals surface area contributed by atoms with E-state index in [-0.39, 0.29) is 12.5 Å². The summed E-state index contributed by atoms with van der Waals surface area (Å²) in [5, 5.41) is 0. The fourth-order valence-electron chi connectivity index (χ4n) is 2.12. The molecule has 0 aromatic carbocycles. The summed E-state index contributed by atoms with van der Waals surface area (Å²) in [6.07, 6.45) is -2.43. The zero-order valence-electron chi connectivity index (χ0n) is 12.5. The second-order valence-electron chi connectivity index (χ2n) is 4.97. The first-order chi connectivity index (χ1) is 9.72. The second kappa shape index (κ2) is 7.37. The van der Waals surface area contributed by atoms with Crippen molar-refractivity contribution in [3.63, 3.8) is 0 Å². The van der Waals surface area contributed by atoms with Gasteiger partial charge in [-0.15, -0.1) is 0 Å². The molecule has 0 spiro atoms. The van der Waals surface area contributed by atoms with E-state index in [9.17, 15) is 14.4 Å². The number of nitrogens with two attached hydrogens (primary N) is 1. The van der Waals surface area contributed by atoms with Crippen LogP contribution in [0.5, 0.6) is 0 Å². The summed E-state index contributed by atoms with van der Waals surface area (Å²) in [7, 11) is 0. The number of carbonyl (C=O) groups is 3. The minimum Gasteiger partial charge on any atom is -0.463 e. The van der Waals surface area contributed by atoms with Crippen molar-refractivity contribution in [3.05, 3.63) is 0 Å². The quantitative estimate of drug-likeness (QED) is 0.557. The molecule has 1 saturated heterocycles. The first kappa shape index (κ1) is 17.4. The van der Waals surface area contributed by atoms with E-state index >= 15 is 0 Å². The molecule has 1 fully saturated rings. The third-order valence-electron chi connectivity index (χ3n) is 3.15. The Morgan fingerprint density at radius 2 is 1.62 bits per heavy atom. The summed E-state index contributed by atoms with van der Waals surface area (Å²) in [5.41, 5.74) is 5.95. The van der Waals surface area contributed by atoms with E-state index < -0.39 is 42.4 Å². The number of esters is 3. The van der Waals surface area contributed by atoms with Crippen LogP contribution < -0.4 is 5.73 Å². The van der Waals surface area contributed by atoms with Gasteiger partial charge in [-0.2, -0.15) is 0 Å². The average molecular weight is 303 g/mol. The molecule has 5 atom stereocenters. The molecule has 0 saturated carbocycles. The molecule has 0 radical (unpaired) electrons. The van der Waals surface area contributed by atoms with Gasteiger partial charge >= 0.3 is 17.9 Å². The maximum Gasteiger partial charge on any atom is 0.304 e. The molecule has 1 aliphatic heterocycles. The van der Waals surface area contributed by atoms with Gasteiger partial charge in [0.15, 0.2) is 0 Å². The SMILES string of the molecule is CC(=O)OCC1OC(OC(C)=O)C(N)C(C)C1OC(C)=O. The van der Waals surface area contributed by atoms with Crippen LogP contribution in [0.1, 0.15) is 27.7 Å². The Morgan fingerprint density at radius 3 is 2.10 bits per heavy atom. The van der Waals surface area contributed by atoms with E-state index in [1.54, 1.807) is 6.92 Å². The van der Waals surface area contributed by atoms with Crippen LogP contribution >= 0.6 is 0 Å². The molecule has 120 valence electrons. The van der Waals surface area contributed by atoms with E-state index in [1.807, 2.05) is 0 Å². The van der Waals surface area contributed by atoms with Crippen LogP contribution in [-0.2, 0) is 33.3 Å². The van der Waals surface area contributed by atoms with Gasteiger partial charge in [-0.1, -0.05) is 6.92 Å². The highest BCUT2D eigenvalue weighted by atomic mass is 16.7. The zero-order chi connectivity index (χ0) is 16.2. The Labute approximate surface area is 122 Å². The predicted octanol–water partition coefficient (Wildman–Crippen LogP) is -0.267. The van der Waals surface area contributed by atoms with E-state index in [0.29, 0.717) is 0 Å². The van der Waals surface area contributed by atoms with Crippen molar-refractivity contribution < 1.29 is 33.3 Å². The van der Waals surface area contributed by atoms with Gasteiger partial charge in [0.05, 0.1) is 6.04 Å². The standard InChI is InChI=1S/C13H21NO7/c1-6-11(14)13(20-9(4)17)21-10(5-18-7(2)15)12(6)19-8(3)16/h6,10-13H,5,14H2,1-4H3. The monoisotopic (exact) mass is 303 g/mol. The van der Waals surface area contributed by atoms with E-state index in [1.165, 1.54) is 20.8 Å². The molecule has 0 aromatic rings. The summed E-state index contributed by atoms with van der Waals surface area (Å²) in [6, 6.07) is -0.660. The highest BCUT2D eigenvalue weighted by Gasteiger charge is 2.45. The fraction of sp³-hybridized carbons (Fsp3) is 0.769. The summed E-state index contributed by atoms with van der Waals surface area (Å²) in [5.74, 6) is -1.87. The molecule has 1 aliphatic rings. The van der Waals surface area contributed by atoms with Gasteiger partial charge in [0.1, 0.15) is 18.8 Å². The van der Waals surface area contributed by atoms with Crippen LogP contribution in [0.4, 0.5) is 0 Å². The number of ether oxygens (including phenoxy) is 4. The lowest BCUT2D eigenvalue weighted by molar-refractivity contribution is -0.252. The van der Waals surface area contributed by atoms with Crippen LogP contribution in [0.15, 0.2) is 0 Å². The topological polar surface area (TPSA) is 114 Å². The van der Waals surface area contributed by atoms with Gasteiger partial charge < -0.3 is 24.7 Å². The molecule has 8 heteroatoms. The summed E-state index contributed by atoms with van der Waals surface area (Å²) in [6.45, 7) is 5.38. The van der Waals surface area contributed by atoms with Gasteiger partial charge in [-0.25, -0.2) is 0 Å². The number of hydrogen-bond donors (Lipinski definition) is 1. The van der Waals surface area contributed by atoms with E-state index in [2.05, 4.69) is 0 Å². The third kappa shape index (κ3) is 4.98. The van der Waals surface area contributed by atoms with Crippen LogP contribution in [0.2, 0.25) is 0 Å². The van der Waals surface area contributed by atoms with Gasteiger partial charge in [-0.3, -0.25) is 14.4 Å². The average Bonchev–Trinajstić information content (AvgIpc) is 2.35. The molecular formula is C13H21NO7. The molecule has 1 rings (SSSR count). The van der Waals surface area contributed by atoms with E-state index in [0.717, 1.165) is 0 Å². The normalized spacial score (nSPS) is 32.1. The van der Waals surface area contributed by atoms with Gasteiger partial charge in [-0.05, 0) is 0 Å². The Balaban J connectivity index is 2.86. The first-order valence-corrected chi connectivity index (χ1v) is 6.61. The fourth-order valence-corrected chi connectivity index (χ4v) is 2.12. The van der Waals surface area contributed by atoms with Crippen molar-refractivity contribution in [1.82, 2.24) is 0 Å². The second-order valence-corrected chi connectivity index (χ2v) is 4.97. The Bertz CT molecular complexity index is 411. The lowest BCUT2D eigenvalue weighted by Gasteiger charge is -2.42. The lowest BCUT2D eigenvalue weighted by atomic mass is 9.89. The molecule has 0 aromatic heterocycles. The van der Waals surface area contributed by atoms with Crippen molar-refractivity contribution in [1.29, 1.82) is 0 Å². The smallest absolute Gasteiger partial charge is 0.304 e. The Morgan fingerprint density at radius 1 is 1.05 bits per heavy atom. The zero-order valence-corrected chi connectivity index (χ0v) is 12.5. The summed E-state index contributed by atoms with van der Waals surface area (Å²) >= 11 is 0. The van der Waals surface area contributed by atoms with Gasteiger partial charge in [0.25, 0.3) is 0 Å². The minimum atomic E-state index is -0.982. The predicted molar refractivity (Wildman–Crippen MR) is 69.8 cm³/mol. The first-order valence-electron chi connectivity index (χ1n) is 6.61. The molecule has 5 unspecified atom stereocenters. The highest BCUT2D eigenvalue weighted by Crippen LogP contribution is 2.28. The molecule has 2 N–H and O–H groups in total. The van der Waals surface area contributed by atoms with Crippen molar-refractivity contribution >= 4 is 17.9 Å². The molecule has 1 heterocycles. The van der Waals surface area contributed by atoms with Crippen molar-refractivity contribution in [3.8, 4) is 0 Å². The summed E-state index contributed by atoms with van der Waals surface area (Å²) < 4.78 is 20.6. The molecule has 0 bridgehead atoms. The maximum atomic E-state index is 11.2. The van der Waals surface area contributed by atoms with Crippen LogP contribution in [-0.4, -0.2) is 49.1 Å².